The van der Waals surface area contributed by atoms with Crippen LogP contribution in [0.1, 0.15) is 22.4 Å². The van der Waals surface area contributed by atoms with Gasteiger partial charge in [-0.3, -0.25) is 0 Å². The van der Waals surface area contributed by atoms with Gasteiger partial charge in [-0.1, -0.05) is 0 Å². The predicted molar refractivity (Wildman–Crippen MR) is 56.6 cm³/mol. The van der Waals surface area contributed by atoms with Gasteiger partial charge in [0.1, 0.15) is 5.82 Å². The second-order valence-corrected chi connectivity index (χ2v) is 4.09. The largest absolute Gasteiger partial charge is 0.369 e. The van der Waals surface area contributed by atoms with Gasteiger partial charge >= 0.3 is 0 Å². The molecule has 1 aromatic rings. The first kappa shape index (κ1) is 8.24. The van der Waals surface area contributed by atoms with Crippen molar-refractivity contribution < 1.29 is 0 Å². The lowest BCUT2D eigenvalue weighted by atomic mass is 9.97. The zero-order valence-electron chi connectivity index (χ0n) is 8.48. The van der Waals surface area contributed by atoms with Crippen molar-refractivity contribution in [1.82, 2.24) is 10.3 Å². The third kappa shape index (κ3) is 1.05. The highest BCUT2D eigenvalue weighted by atomic mass is 15.0. The van der Waals surface area contributed by atoms with Crippen LogP contribution < -0.4 is 10.6 Å². The van der Waals surface area contributed by atoms with Crippen molar-refractivity contribution >= 4 is 5.82 Å². The molecule has 2 aliphatic heterocycles. The highest BCUT2D eigenvalue weighted by Gasteiger charge is 2.21. The molecule has 0 fully saturated rings. The van der Waals surface area contributed by atoms with Gasteiger partial charge in [-0.25, -0.2) is 4.98 Å². The van der Waals surface area contributed by atoms with E-state index < -0.39 is 0 Å². The van der Waals surface area contributed by atoms with E-state index in [1.807, 2.05) is 0 Å². The third-order valence-corrected chi connectivity index (χ3v) is 3.29. The number of anilines is 1. The Bertz CT molecular complexity index is 385. The van der Waals surface area contributed by atoms with E-state index >= 15 is 0 Å². The van der Waals surface area contributed by atoms with Gasteiger partial charge in [0.15, 0.2) is 0 Å². The number of nitrogens with one attached hydrogen (secondary N) is 2. The van der Waals surface area contributed by atoms with Crippen molar-refractivity contribution in [3.63, 3.8) is 0 Å². The van der Waals surface area contributed by atoms with Gasteiger partial charge in [-0.15, -0.1) is 0 Å². The number of pyridine rings is 1. The Kier molecular flexibility index (Phi) is 1.74. The first-order valence-electron chi connectivity index (χ1n) is 5.32. The van der Waals surface area contributed by atoms with Crippen molar-refractivity contribution in [1.29, 1.82) is 0 Å². The molecule has 0 aliphatic carbocycles. The normalized spacial score (nSPS) is 18.6. The van der Waals surface area contributed by atoms with Crippen molar-refractivity contribution in [2.45, 2.75) is 26.3 Å². The summed E-state index contributed by atoms with van der Waals surface area (Å²) in [6.45, 7) is 5.36. The molecule has 2 N–H and O–H groups in total. The quantitative estimate of drug-likeness (QED) is 0.639. The summed E-state index contributed by atoms with van der Waals surface area (Å²) in [4.78, 5) is 4.70. The molecule has 0 aromatic carbocycles. The molecular formula is C11H15N3. The summed E-state index contributed by atoms with van der Waals surface area (Å²) >= 11 is 0. The van der Waals surface area contributed by atoms with Crippen LogP contribution >= 0.6 is 0 Å². The van der Waals surface area contributed by atoms with Crippen molar-refractivity contribution in [2.75, 3.05) is 18.4 Å². The molecule has 3 heterocycles. The molecule has 74 valence electrons. The monoisotopic (exact) mass is 189 g/mol. The summed E-state index contributed by atoms with van der Waals surface area (Å²) in [5, 5.41) is 6.77. The van der Waals surface area contributed by atoms with Crippen LogP contribution in [-0.2, 0) is 19.4 Å². The van der Waals surface area contributed by atoms with E-state index in [1.54, 1.807) is 0 Å². The number of aromatic nitrogens is 1. The molecule has 0 unspecified atom stereocenters. The average molecular weight is 189 g/mol. The first-order valence-corrected chi connectivity index (χ1v) is 5.32. The van der Waals surface area contributed by atoms with E-state index in [4.69, 9.17) is 4.98 Å². The zero-order chi connectivity index (χ0) is 9.54. The molecule has 3 heteroatoms. The van der Waals surface area contributed by atoms with E-state index in [2.05, 4.69) is 17.6 Å². The maximum atomic E-state index is 4.70. The topological polar surface area (TPSA) is 37.0 Å². The Morgan fingerprint density at radius 1 is 1.14 bits per heavy atom. The van der Waals surface area contributed by atoms with Crippen LogP contribution in [0.3, 0.4) is 0 Å². The Balaban J connectivity index is 2.20. The van der Waals surface area contributed by atoms with E-state index in [0.29, 0.717) is 0 Å². The Hall–Kier alpha value is -1.09. The van der Waals surface area contributed by atoms with E-state index in [9.17, 15) is 0 Å². The van der Waals surface area contributed by atoms with Crippen LogP contribution in [0.4, 0.5) is 5.82 Å². The first-order chi connectivity index (χ1) is 6.86. The number of fused-ring (bicyclic) bond motifs is 2. The Morgan fingerprint density at radius 2 is 2.07 bits per heavy atom. The second-order valence-electron chi connectivity index (χ2n) is 4.09. The van der Waals surface area contributed by atoms with Crippen LogP contribution in [0.2, 0.25) is 0 Å². The van der Waals surface area contributed by atoms with Gasteiger partial charge in [0.25, 0.3) is 0 Å². The van der Waals surface area contributed by atoms with Gasteiger partial charge in [0.05, 0.1) is 0 Å². The van der Waals surface area contributed by atoms with Crippen LogP contribution in [0, 0.1) is 6.92 Å². The maximum absolute atomic E-state index is 4.70. The molecule has 3 rings (SSSR count). The molecule has 0 atom stereocenters. The summed E-state index contributed by atoms with van der Waals surface area (Å²) < 4.78 is 0. The number of nitrogens with zero attached hydrogens (tertiary/aromatic N) is 1. The molecule has 1 aromatic heterocycles. The van der Waals surface area contributed by atoms with Crippen molar-refractivity contribution in [3.05, 3.63) is 22.4 Å². The second kappa shape index (κ2) is 2.95. The Labute approximate surface area is 83.9 Å². The molecule has 0 saturated heterocycles. The summed E-state index contributed by atoms with van der Waals surface area (Å²) in [6, 6.07) is 0. The predicted octanol–water partition coefficient (Wildman–Crippen LogP) is 1.00. The standard InChI is InChI=1S/C11H15N3/c1-7-8-2-5-13-11(8)14-10-3-4-12-6-9(7)10/h12H,2-6H2,1H3,(H,13,14). The molecular weight excluding hydrogens is 174 g/mol. The smallest absolute Gasteiger partial charge is 0.129 e. The molecule has 14 heavy (non-hydrogen) atoms. The fourth-order valence-corrected chi connectivity index (χ4v) is 2.47. The van der Waals surface area contributed by atoms with E-state index in [1.165, 1.54) is 22.4 Å². The molecule has 0 amide bonds. The molecule has 2 aliphatic rings. The molecule has 3 nitrogen and oxygen atoms in total. The number of rotatable bonds is 0. The van der Waals surface area contributed by atoms with Gasteiger partial charge < -0.3 is 10.6 Å². The van der Waals surface area contributed by atoms with Gasteiger partial charge in [-0.2, -0.15) is 0 Å². The SMILES string of the molecule is Cc1c2c(nc3c1CCN3)CCNC2. The molecule has 0 saturated carbocycles. The lowest BCUT2D eigenvalue weighted by Crippen LogP contribution is -2.26. The van der Waals surface area contributed by atoms with Gasteiger partial charge in [-0.05, 0) is 30.0 Å². The minimum Gasteiger partial charge on any atom is -0.369 e. The fraction of sp³-hybridized carbons (Fsp3) is 0.545. The van der Waals surface area contributed by atoms with E-state index in [0.717, 1.165) is 38.3 Å². The van der Waals surface area contributed by atoms with Gasteiger partial charge in [0.2, 0.25) is 0 Å². The summed E-state index contributed by atoms with van der Waals surface area (Å²) in [7, 11) is 0. The lowest BCUT2D eigenvalue weighted by molar-refractivity contribution is 0.627. The highest BCUT2D eigenvalue weighted by Crippen LogP contribution is 2.28. The summed E-state index contributed by atoms with van der Waals surface area (Å²) in [6.07, 6.45) is 2.21. The minimum absolute atomic E-state index is 1.00. The average Bonchev–Trinajstić information content (AvgIpc) is 2.66. The van der Waals surface area contributed by atoms with E-state index in [-0.39, 0.29) is 0 Å². The van der Waals surface area contributed by atoms with Crippen molar-refractivity contribution in [2.24, 2.45) is 0 Å². The third-order valence-electron chi connectivity index (χ3n) is 3.29. The zero-order valence-corrected chi connectivity index (χ0v) is 8.48. The van der Waals surface area contributed by atoms with Gasteiger partial charge in [0, 0.05) is 31.7 Å². The molecule has 0 spiro atoms. The number of hydrogen-bond acceptors (Lipinski definition) is 3. The lowest BCUT2D eigenvalue weighted by Gasteiger charge is -2.20. The minimum atomic E-state index is 1.00. The molecule has 0 radical (unpaired) electrons. The van der Waals surface area contributed by atoms with Crippen LogP contribution in [0.5, 0.6) is 0 Å². The fourth-order valence-electron chi connectivity index (χ4n) is 2.47. The Morgan fingerprint density at radius 3 is 3.00 bits per heavy atom. The van der Waals surface area contributed by atoms with Crippen LogP contribution in [-0.4, -0.2) is 18.1 Å². The summed E-state index contributed by atoms with van der Waals surface area (Å²) in [5.74, 6) is 1.14. The number of hydrogen-bond donors (Lipinski definition) is 2. The molecule has 0 bridgehead atoms. The highest BCUT2D eigenvalue weighted by molar-refractivity contribution is 5.56. The van der Waals surface area contributed by atoms with Crippen LogP contribution in [0.15, 0.2) is 0 Å². The van der Waals surface area contributed by atoms with Crippen LogP contribution in [0.25, 0.3) is 0 Å². The summed E-state index contributed by atoms with van der Waals surface area (Å²) in [5.41, 5.74) is 5.64. The van der Waals surface area contributed by atoms with Crippen molar-refractivity contribution in [3.8, 4) is 0 Å². The maximum Gasteiger partial charge on any atom is 0.129 e.